The average Bonchev–Trinajstić information content (AvgIpc) is 2.54. The molecule has 0 bridgehead atoms. The van der Waals surface area contributed by atoms with E-state index in [4.69, 9.17) is 0 Å². The predicted molar refractivity (Wildman–Crippen MR) is 66.3 cm³/mol. The third kappa shape index (κ3) is 1.61. The topological polar surface area (TPSA) is 137 Å². The van der Waals surface area contributed by atoms with Crippen LogP contribution in [0.5, 0.6) is 0 Å². The maximum atomic E-state index is 12.0. The first-order valence-electron chi connectivity index (χ1n) is 5.67. The number of carbonyl (C=O) groups excluding carboxylic acids is 1. The lowest BCUT2D eigenvalue weighted by atomic mass is 10.1. The molecule has 0 fully saturated rings. The summed E-state index contributed by atoms with van der Waals surface area (Å²) in [5.74, 6) is -0.907. The molecule has 5 N–H and O–H groups in total. The van der Waals surface area contributed by atoms with Crippen molar-refractivity contribution >= 4 is 22.6 Å². The second-order valence-corrected chi connectivity index (χ2v) is 4.25. The molecule has 1 aliphatic rings. The van der Waals surface area contributed by atoms with Crippen molar-refractivity contribution in [1.82, 2.24) is 15.0 Å². The summed E-state index contributed by atoms with van der Waals surface area (Å²) in [4.78, 5) is 27.8. The zero-order valence-corrected chi connectivity index (χ0v) is 9.94. The zero-order chi connectivity index (χ0) is 14.4. The summed E-state index contributed by atoms with van der Waals surface area (Å²) < 4.78 is 0.250. The number of anilines is 1. The molecule has 20 heavy (non-hydrogen) atoms. The number of aromatic nitrogens is 2. The van der Waals surface area contributed by atoms with Gasteiger partial charge >= 0.3 is 0 Å². The van der Waals surface area contributed by atoms with Gasteiger partial charge in [-0.3, -0.25) is 9.59 Å². The number of amides is 1. The van der Waals surface area contributed by atoms with Crippen LogP contribution in [0.25, 0.3) is 11.0 Å². The van der Waals surface area contributed by atoms with Crippen molar-refractivity contribution < 1.29 is 20.2 Å². The molecule has 0 saturated carbocycles. The Hall–Kier alpha value is -2.65. The lowest BCUT2D eigenvalue weighted by molar-refractivity contribution is 0.0169. The monoisotopic (exact) mass is 278 g/mol. The molecular formula is C11H10N4O5. The molecule has 9 nitrogen and oxygen atoms in total. The van der Waals surface area contributed by atoms with Crippen molar-refractivity contribution in [2.24, 2.45) is 0 Å². The summed E-state index contributed by atoms with van der Waals surface area (Å²) in [5.41, 5.74) is -1.48. The molecule has 2 atom stereocenters. The first kappa shape index (κ1) is 12.4. The zero-order valence-electron chi connectivity index (χ0n) is 9.94. The standard InChI is InChI=1S/C11H10N4O5/c16-8-5-6(13-9(17)10(18)14-8)4-2-1-3-12-7(4)15(20)11(5)19/h1-3,9-10,13,17-18,20H,(H,14,16). The highest BCUT2D eigenvalue weighted by Gasteiger charge is 2.31. The molecule has 0 aromatic carbocycles. The van der Waals surface area contributed by atoms with Gasteiger partial charge in [0.05, 0.1) is 5.69 Å². The van der Waals surface area contributed by atoms with Gasteiger partial charge in [-0.05, 0) is 12.1 Å². The van der Waals surface area contributed by atoms with E-state index in [-0.39, 0.29) is 21.5 Å². The molecule has 3 heterocycles. The van der Waals surface area contributed by atoms with Crippen molar-refractivity contribution in [3.8, 4) is 0 Å². The Bertz CT molecular complexity index is 771. The Balaban J connectivity index is 2.43. The van der Waals surface area contributed by atoms with E-state index < -0.39 is 29.5 Å². The van der Waals surface area contributed by atoms with Gasteiger partial charge < -0.3 is 26.1 Å². The van der Waals surface area contributed by atoms with Crippen LogP contribution in [-0.2, 0) is 0 Å². The van der Waals surface area contributed by atoms with Crippen LogP contribution in [0.2, 0.25) is 0 Å². The van der Waals surface area contributed by atoms with E-state index in [0.717, 1.165) is 0 Å². The van der Waals surface area contributed by atoms with Crippen LogP contribution in [0.1, 0.15) is 10.4 Å². The molecule has 1 aliphatic heterocycles. The van der Waals surface area contributed by atoms with Crippen molar-refractivity contribution in [2.75, 3.05) is 5.32 Å². The third-order valence-electron chi connectivity index (χ3n) is 3.01. The number of hydrogen-bond acceptors (Lipinski definition) is 7. The minimum absolute atomic E-state index is 0.00458. The predicted octanol–water partition coefficient (Wildman–Crippen LogP) is -1.57. The van der Waals surface area contributed by atoms with Gasteiger partial charge in [0.25, 0.3) is 11.5 Å². The fraction of sp³-hybridized carbons (Fsp3) is 0.182. The number of hydrogen-bond donors (Lipinski definition) is 5. The second-order valence-electron chi connectivity index (χ2n) is 4.25. The van der Waals surface area contributed by atoms with Gasteiger partial charge in [0.15, 0.2) is 18.1 Å². The highest BCUT2D eigenvalue weighted by atomic mass is 16.5. The summed E-state index contributed by atoms with van der Waals surface area (Å²) in [7, 11) is 0. The average molecular weight is 278 g/mol. The van der Waals surface area contributed by atoms with Crippen LogP contribution < -0.4 is 16.2 Å². The van der Waals surface area contributed by atoms with Gasteiger partial charge in [-0.15, -0.1) is 4.73 Å². The minimum atomic E-state index is -1.59. The number of nitrogens with zero attached hydrogens (tertiary/aromatic N) is 2. The molecule has 2 unspecified atom stereocenters. The van der Waals surface area contributed by atoms with Crippen molar-refractivity contribution in [3.05, 3.63) is 34.2 Å². The molecule has 0 radical (unpaired) electrons. The summed E-state index contributed by atoms with van der Waals surface area (Å²) in [6.07, 6.45) is -1.73. The van der Waals surface area contributed by atoms with Gasteiger partial charge in [-0.2, -0.15) is 0 Å². The summed E-state index contributed by atoms with van der Waals surface area (Å²) in [6, 6.07) is 3.05. The molecule has 1 amide bonds. The number of carbonyl (C=O) groups is 1. The van der Waals surface area contributed by atoms with E-state index in [1.54, 1.807) is 6.07 Å². The lowest BCUT2D eigenvalue weighted by Crippen LogP contribution is -2.44. The molecule has 104 valence electrons. The normalized spacial score (nSPS) is 21.8. The molecule has 0 aliphatic carbocycles. The summed E-state index contributed by atoms with van der Waals surface area (Å²) >= 11 is 0. The van der Waals surface area contributed by atoms with Crippen molar-refractivity contribution in [1.29, 1.82) is 0 Å². The molecule has 2 aromatic heterocycles. The molecule has 3 rings (SSSR count). The second kappa shape index (κ2) is 4.18. The Labute approximate surface area is 111 Å². The smallest absolute Gasteiger partial charge is 0.299 e. The Kier molecular flexibility index (Phi) is 2.59. The first-order valence-corrected chi connectivity index (χ1v) is 5.67. The number of nitrogens with one attached hydrogen (secondary N) is 2. The highest BCUT2D eigenvalue weighted by molar-refractivity contribution is 6.07. The quantitative estimate of drug-likeness (QED) is 0.367. The SMILES string of the molecule is O=C1NC(O)C(O)Nc2c1c(=O)n(O)c1ncccc21. The summed E-state index contributed by atoms with van der Waals surface area (Å²) in [5, 5.41) is 33.7. The number of aliphatic hydroxyl groups excluding tert-OH is 2. The van der Waals surface area contributed by atoms with E-state index >= 15 is 0 Å². The lowest BCUT2D eigenvalue weighted by Gasteiger charge is -2.17. The minimum Gasteiger partial charge on any atom is -0.423 e. The van der Waals surface area contributed by atoms with Crippen LogP contribution in [0, 0.1) is 0 Å². The Morgan fingerprint density at radius 3 is 2.65 bits per heavy atom. The van der Waals surface area contributed by atoms with Crippen LogP contribution in [0.15, 0.2) is 23.1 Å². The molecule has 9 heteroatoms. The Morgan fingerprint density at radius 2 is 1.90 bits per heavy atom. The van der Waals surface area contributed by atoms with E-state index in [2.05, 4.69) is 10.3 Å². The molecular weight excluding hydrogens is 268 g/mol. The van der Waals surface area contributed by atoms with E-state index in [1.165, 1.54) is 12.3 Å². The van der Waals surface area contributed by atoms with Crippen LogP contribution in [-0.4, -0.2) is 43.5 Å². The molecule has 0 saturated heterocycles. The fourth-order valence-electron chi connectivity index (χ4n) is 2.08. The third-order valence-corrected chi connectivity index (χ3v) is 3.01. The van der Waals surface area contributed by atoms with Gasteiger partial charge in [0, 0.05) is 11.6 Å². The number of aliphatic hydroxyl groups is 2. The van der Waals surface area contributed by atoms with E-state index in [9.17, 15) is 25.0 Å². The largest absolute Gasteiger partial charge is 0.423 e. The summed E-state index contributed by atoms with van der Waals surface area (Å²) in [6.45, 7) is 0. The Morgan fingerprint density at radius 1 is 1.20 bits per heavy atom. The maximum Gasteiger partial charge on any atom is 0.299 e. The van der Waals surface area contributed by atoms with Gasteiger partial charge in [-0.1, -0.05) is 0 Å². The number of rotatable bonds is 0. The highest BCUT2D eigenvalue weighted by Crippen LogP contribution is 2.25. The van der Waals surface area contributed by atoms with Crippen LogP contribution in [0.4, 0.5) is 5.69 Å². The van der Waals surface area contributed by atoms with Gasteiger partial charge in [0.1, 0.15) is 5.56 Å². The van der Waals surface area contributed by atoms with E-state index in [1.807, 2.05) is 5.32 Å². The van der Waals surface area contributed by atoms with Crippen LogP contribution in [0.3, 0.4) is 0 Å². The molecule has 0 spiro atoms. The van der Waals surface area contributed by atoms with E-state index in [0.29, 0.717) is 0 Å². The maximum absolute atomic E-state index is 12.0. The number of fused-ring (bicyclic) bond motifs is 3. The van der Waals surface area contributed by atoms with Gasteiger partial charge in [-0.25, -0.2) is 4.98 Å². The fourth-order valence-corrected chi connectivity index (χ4v) is 2.08. The van der Waals surface area contributed by atoms with Crippen molar-refractivity contribution in [3.63, 3.8) is 0 Å². The molecule has 2 aromatic rings. The first-order chi connectivity index (χ1) is 9.50. The van der Waals surface area contributed by atoms with Crippen LogP contribution >= 0.6 is 0 Å². The van der Waals surface area contributed by atoms with Crippen molar-refractivity contribution in [2.45, 2.75) is 12.5 Å². The number of pyridine rings is 2. The van der Waals surface area contributed by atoms with Gasteiger partial charge in [0.2, 0.25) is 0 Å².